The van der Waals surface area contributed by atoms with Crippen molar-refractivity contribution in [3.05, 3.63) is 82.4 Å². The van der Waals surface area contributed by atoms with E-state index in [0.717, 1.165) is 27.1 Å². The lowest BCUT2D eigenvalue weighted by Crippen LogP contribution is -2.29. The lowest BCUT2D eigenvalue weighted by atomic mass is 9.94. The van der Waals surface area contributed by atoms with Crippen LogP contribution in [0.2, 0.25) is 0 Å². The van der Waals surface area contributed by atoms with Gasteiger partial charge in [0.1, 0.15) is 17.6 Å². The second-order valence-electron chi connectivity index (χ2n) is 10.2. The molecule has 1 aromatic heterocycles. The van der Waals surface area contributed by atoms with Crippen LogP contribution >= 0.6 is 11.3 Å². The van der Waals surface area contributed by atoms with Crippen molar-refractivity contribution in [2.45, 2.75) is 46.3 Å². The van der Waals surface area contributed by atoms with Gasteiger partial charge < -0.3 is 19.3 Å². The molecular formula is C32H30N2O6S. The van der Waals surface area contributed by atoms with Crippen LogP contribution in [0.5, 0.6) is 17.2 Å². The lowest BCUT2D eigenvalue weighted by Gasteiger charge is -2.24. The molecule has 2 atom stereocenters. The molecule has 41 heavy (non-hydrogen) atoms. The molecule has 0 aliphatic carbocycles. The standard InChI is InChI=1S/C32H30N2O6S/c1-5-38-24-12-8-19(16-25(24)39-6-2)28-27(29(35)20-9-11-23-21(15-20)14-18(4)40-23)30(36)31(37)34(28)32-33-22-10-7-17(3)13-26(22)41-32/h7-13,15-16,18,28,35H,5-6,14H2,1-4H3/t18-,28-/m0/s1. The summed E-state index contributed by atoms with van der Waals surface area (Å²) >= 11 is 1.33. The number of aromatic nitrogens is 1. The van der Waals surface area contributed by atoms with Gasteiger partial charge in [0, 0.05) is 12.0 Å². The summed E-state index contributed by atoms with van der Waals surface area (Å²) in [5, 5.41) is 12.0. The first-order valence-corrected chi connectivity index (χ1v) is 14.5. The van der Waals surface area contributed by atoms with Crippen LogP contribution in [0.4, 0.5) is 5.13 Å². The molecule has 4 aromatic rings. The first-order chi connectivity index (χ1) is 19.8. The molecule has 0 bridgehead atoms. The summed E-state index contributed by atoms with van der Waals surface area (Å²) in [6.45, 7) is 8.57. The molecule has 3 aromatic carbocycles. The minimum absolute atomic E-state index is 0.0102. The van der Waals surface area contributed by atoms with E-state index < -0.39 is 17.7 Å². The van der Waals surface area contributed by atoms with Gasteiger partial charge in [0.05, 0.1) is 35.0 Å². The third-order valence-corrected chi connectivity index (χ3v) is 8.25. The smallest absolute Gasteiger partial charge is 0.301 e. The van der Waals surface area contributed by atoms with E-state index in [0.29, 0.717) is 47.4 Å². The Balaban J connectivity index is 1.55. The molecule has 1 N–H and O–H groups in total. The highest BCUT2D eigenvalue weighted by Gasteiger charge is 2.48. The molecule has 2 aliphatic rings. The highest BCUT2D eigenvalue weighted by Crippen LogP contribution is 2.46. The number of ketones is 1. The summed E-state index contributed by atoms with van der Waals surface area (Å²) < 4.78 is 18.3. The largest absolute Gasteiger partial charge is 0.507 e. The summed E-state index contributed by atoms with van der Waals surface area (Å²) in [5.74, 6) is 0.0159. The van der Waals surface area contributed by atoms with Gasteiger partial charge in [0.25, 0.3) is 5.78 Å². The van der Waals surface area contributed by atoms with Gasteiger partial charge in [0.2, 0.25) is 0 Å². The average Bonchev–Trinajstić information content (AvgIpc) is 3.61. The number of amides is 1. The predicted octanol–water partition coefficient (Wildman–Crippen LogP) is 6.35. The Bertz CT molecular complexity index is 1720. The summed E-state index contributed by atoms with van der Waals surface area (Å²) in [4.78, 5) is 33.5. The van der Waals surface area contributed by atoms with E-state index in [9.17, 15) is 14.7 Å². The number of rotatable bonds is 7. The third-order valence-electron chi connectivity index (χ3n) is 7.24. The maximum atomic E-state index is 13.7. The second kappa shape index (κ2) is 10.6. The van der Waals surface area contributed by atoms with E-state index in [1.165, 1.54) is 16.2 Å². The highest BCUT2D eigenvalue weighted by molar-refractivity contribution is 7.22. The number of hydrogen-bond donors (Lipinski definition) is 1. The van der Waals surface area contributed by atoms with Crippen molar-refractivity contribution < 1.29 is 28.9 Å². The molecule has 6 rings (SSSR count). The van der Waals surface area contributed by atoms with Gasteiger partial charge in [-0.2, -0.15) is 0 Å². The lowest BCUT2D eigenvalue weighted by molar-refractivity contribution is -0.132. The van der Waals surface area contributed by atoms with E-state index >= 15 is 0 Å². The van der Waals surface area contributed by atoms with Crippen LogP contribution in [0.15, 0.2) is 60.2 Å². The van der Waals surface area contributed by atoms with Crippen molar-refractivity contribution in [2.24, 2.45) is 0 Å². The highest BCUT2D eigenvalue weighted by atomic mass is 32.1. The van der Waals surface area contributed by atoms with Gasteiger partial charge in [-0.05, 0) is 86.8 Å². The SMILES string of the molecule is CCOc1ccc([C@H]2C(=C(O)c3ccc4c(c3)C[C@H](C)O4)C(=O)C(=O)N2c2nc3ccc(C)cc3s2)cc1OCC. The molecule has 9 heteroatoms. The van der Waals surface area contributed by atoms with E-state index in [4.69, 9.17) is 19.2 Å². The molecule has 1 amide bonds. The molecule has 0 radical (unpaired) electrons. The zero-order valence-electron chi connectivity index (χ0n) is 23.3. The van der Waals surface area contributed by atoms with E-state index in [1.54, 1.807) is 30.3 Å². The predicted molar refractivity (Wildman–Crippen MR) is 158 cm³/mol. The zero-order valence-corrected chi connectivity index (χ0v) is 24.1. The zero-order chi connectivity index (χ0) is 28.8. The fourth-order valence-corrected chi connectivity index (χ4v) is 6.52. The Morgan fingerprint density at radius 1 is 1.05 bits per heavy atom. The quantitative estimate of drug-likeness (QED) is 0.157. The molecule has 1 saturated heterocycles. The monoisotopic (exact) mass is 570 g/mol. The Kier molecular flexibility index (Phi) is 6.91. The number of fused-ring (bicyclic) bond motifs is 2. The number of aliphatic hydroxyl groups is 1. The van der Waals surface area contributed by atoms with Crippen molar-refractivity contribution in [1.29, 1.82) is 0 Å². The van der Waals surface area contributed by atoms with Crippen molar-refractivity contribution in [3.63, 3.8) is 0 Å². The van der Waals surface area contributed by atoms with Crippen molar-refractivity contribution in [3.8, 4) is 17.2 Å². The number of thiazole rings is 1. The van der Waals surface area contributed by atoms with Crippen LogP contribution in [0, 0.1) is 6.92 Å². The van der Waals surface area contributed by atoms with Gasteiger partial charge in [-0.1, -0.05) is 23.5 Å². The summed E-state index contributed by atoms with van der Waals surface area (Å²) in [5.41, 5.74) is 3.75. The third kappa shape index (κ3) is 4.70. The van der Waals surface area contributed by atoms with Crippen molar-refractivity contribution in [1.82, 2.24) is 4.98 Å². The molecular weight excluding hydrogens is 540 g/mol. The number of anilines is 1. The Labute approximate surface area is 241 Å². The maximum Gasteiger partial charge on any atom is 0.301 e. The molecule has 2 aliphatic heterocycles. The van der Waals surface area contributed by atoms with E-state index in [-0.39, 0.29) is 17.4 Å². The van der Waals surface area contributed by atoms with Crippen LogP contribution in [-0.2, 0) is 16.0 Å². The molecule has 0 spiro atoms. The van der Waals surface area contributed by atoms with Crippen molar-refractivity contribution in [2.75, 3.05) is 18.1 Å². The Morgan fingerprint density at radius 2 is 1.83 bits per heavy atom. The number of aryl methyl sites for hydroxylation is 1. The summed E-state index contributed by atoms with van der Waals surface area (Å²) in [7, 11) is 0. The molecule has 0 saturated carbocycles. The second-order valence-corrected chi connectivity index (χ2v) is 11.2. The minimum atomic E-state index is -0.935. The molecule has 3 heterocycles. The van der Waals surface area contributed by atoms with Gasteiger partial charge in [-0.25, -0.2) is 4.98 Å². The minimum Gasteiger partial charge on any atom is -0.507 e. The van der Waals surface area contributed by atoms with Crippen LogP contribution in [0.1, 0.15) is 49.1 Å². The van der Waals surface area contributed by atoms with E-state index in [2.05, 4.69) is 0 Å². The van der Waals surface area contributed by atoms with Crippen LogP contribution in [0.25, 0.3) is 16.0 Å². The van der Waals surface area contributed by atoms with Gasteiger partial charge >= 0.3 is 5.91 Å². The normalized spacial score (nSPS) is 19.5. The topological polar surface area (TPSA) is 98.2 Å². The average molecular weight is 571 g/mol. The van der Waals surface area contributed by atoms with Gasteiger partial charge in [-0.3, -0.25) is 14.5 Å². The van der Waals surface area contributed by atoms with Gasteiger partial charge in [-0.15, -0.1) is 0 Å². The number of carbonyl (C=O) groups excluding carboxylic acids is 2. The maximum absolute atomic E-state index is 13.7. The number of Topliss-reactive ketones (excluding diaryl/α,β-unsaturated/α-hetero) is 1. The van der Waals surface area contributed by atoms with Crippen molar-refractivity contribution >= 4 is 44.1 Å². The Hall–Kier alpha value is -4.37. The number of hydrogen-bond acceptors (Lipinski definition) is 8. The summed E-state index contributed by atoms with van der Waals surface area (Å²) in [6, 6.07) is 15.6. The van der Waals surface area contributed by atoms with Crippen LogP contribution < -0.4 is 19.1 Å². The first kappa shape index (κ1) is 26.8. The molecule has 1 fully saturated rings. The first-order valence-electron chi connectivity index (χ1n) is 13.7. The van der Waals surface area contributed by atoms with Crippen LogP contribution in [0.3, 0.4) is 0 Å². The molecule has 210 valence electrons. The number of aliphatic hydroxyl groups excluding tert-OH is 1. The number of carbonyl (C=O) groups is 2. The fraction of sp³-hybridized carbons (Fsp3) is 0.281. The number of nitrogens with zero attached hydrogens (tertiary/aromatic N) is 2. The van der Waals surface area contributed by atoms with Crippen LogP contribution in [-0.4, -0.2) is 41.1 Å². The molecule has 0 unspecified atom stereocenters. The van der Waals surface area contributed by atoms with E-state index in [1.807, 2.05) is 52.0 Å². The number of benzene rings is 3. The molecule has 8 nitrogen and oxygen atoms in total. The number of ether oxygens (including phenoxy) is 3. The summed E-state index contributed by atoms with van der Waals surface area (Å²) in [6.07, 6.45) is 0.715. The van der Waals surface area contributed by atoms with Gasteiger partial charge in [0.15, 0.2) is 16.6 Å². The fourth-order valence-electron chi connectivity index (χ4n) is 5.43. The Morgan fingerprint density at radius 3 is 2.61 bits per heavy atom.